The lowest BCUT2D eigenvalue weighted by molar-refractivity contribution is 1.03. The van der Waals surface area contributed by atoms with Gasteiger partial charge in [-0.1, -0.05) is 29.8 Å². The maximum atomic E-state index is 12.2. The highest BCUT2D eigenvalue weighted by Gasteiger charge is 2.07. The molecule has 2 heterocycles. The van der Waals surface area contributed by atoms with Gasteiger partial charge in [0.1, 0.15) is 0 Å². The van der Waals surface area contributed by atoms with Gasteiger partial charge in [0.05, 0.1) is 5.69 Å². The highest BCUT2D eigenvalue weighted by Crippen LogP contribution is 2.16. The maximum Gasteiger partial charge on any atom is 0.262 e. The van der Waals surface area contributed by atoms with Crippen LogP contribution in [-0.4, -0.2) is 9.38 Å². The van der Waals surface area contributed by atoms with Crippen molar-refractivity contribution in [2.45, 2.75) is 20.8 Å². The van der Waals surface area contributed by atoms with Gasteiger partial charge in [-0.15, -0.1) is 11.3 Å². The third-order valence-electron chi connectivity index (χ3n) is 3.58. The summed E-state index contributed by atoms with van der Waals surface area (Å²) in [5, 5.41) is 1.88. The van der Waals surface area contributed by atoms with Gasteiger partial charge < -0.3 is 0 Å². The predicted octanol–water partition coefficient (Wildman–Crippen LogP) is 3.85. The van der Waals surface area contributed by atoms with Crippen LogP contribution in [0.25, 0.3) is 17.1 Å². The molecule has 0 spiro atoms. The van der Waals surface area contributed by atoms with Crippen molar-refractivity contribution in [1.29, 1.82) is 0 Å². The third kappa shape index (κ3) is 2.54. The number of rotatable bonds is 2. The Labute approximate surface area is 127 Å². The lowest BCUT2D eigenvalue weighted by Crippen LogP contribution is -2.17. The van der Waals surface area contributed by atoms with E-state index in [0.717, 1.165) is 16.2 Å². The number of hydrogen-bond donors (Lipinski definition) is 0. The van der Waals surface area contributed by atoms with E-state index in [9.17, 15) is 4.79 Å². The van der Waals surface area contributed by atoms with Crippen LogP contribution in [0.5, 0.6) is 0 Å². The molecule has 3 nitrogen and oxygen atoms in total. The molecule has 0 saturated heterocycles. The fourth-order valence-electron chi connectivity index (χ4n) is 2.26. The number of nitrogens with zero attached hydrogens (tertiary/aromatic N) is 2. The standard InChI is InChI=1S/C17H16N2OS/c1-11-4-5-12(2)14(10-11)6-7-15-13(3)16(20)19-8-9-21-17(19)18-15/h4-10H,1-3H3. The molecule has 0 aliphatic carbocycles. The molecule has 0 aliphatic heterocycles. The second-order valence-electron chi connectivity index (χ2n) is 5.18. The number of aromatic nitrogens is 2. The topological polar surface area (TPSA) is 34.4 Å². The Bertz CT molecular complexity index is 903. The molecule has 0 atom stereocenters. The molecule has 0 unspecified atom stereocenters. The van der Waals surface area contributed by atoms with Gasteiger partial charge in [-0.2, -0.15) is 0 Å². The number of benzene rings is 1. The molecule has 1 aromatic carbocycles. The average molecular weight is 296 g/mol. The van der Waals surface area contributed by atoms with E-state index in [4.69, 9.17) is 0 Å². The first-order valence-electron chi connectivity index (χ1n) is 6.78. The zero-order chi connectivity index (χ0) is 15.0. The van der Waals surface area contributed by atoms with E-state index < -0.39 is 0 Å². The molecule has 3 rings (SSSR count). The number of fused-ring (bicyclic) bond motifs is 1. The molecule has 0 amide bonds. The molecule has 4 heteroatoms. The zero-order valence-corrected chi connectivity index (χ0v) is 13.1. The summed E-state index contributed by atoms with van der Waals surface area (Å²) in [5.74, 6) is 0. The molecule has 21 heavy (non-hydrogen) atoms. The molecule has 0 N–H and O–H groups in total. The average Bonchev–Trinajstić information content (AvgIpc) is 2.93. The van der Waals surface area contributed by atoms with E-state index in [2.05, 4.69) is 37.0 Å². The Morgan fingerprint density at radius 3 is 2.81 bits per heavy atom. The predicted molar refractivity (Wildman–Crippen MR) is 88.9 cm³/mol. The minimum Gasteiger partial charge on any atom is -0.269 e. The summed E-state index contributed by atoms with van der Waals surface area (Å²) >= 11 is 1.47. The first-order valence-corrected chi connectivity index (χ1v) is 7.66. The summed E-state index contributed by atoms with van der Waals surface area (Å²) in [5.41, 5.74) is 5.00. The zero-order valence-electron chi connectivity index (χ0n) is 12.3. The number of hydrogen-bond acceptors (Lipinski definition) is 3. The Morgan fingerprint density at radius 2 is 2.00 bits per heavy atom. The van der Waals surface area contributed by atoms with E-state index in [0.29, 0.717) is 5.56 Å². The third-order valence-corrected chi connectivity index (χ3v) is 4.34. The van der Waals surface area contributed by atoms with Gasteiger partial charge in [0.15, 0.2) is 4.96 Å². The molecular formula is C17H16N2OS. The highest BCUT2D eigenvalue weighted by molar-refractivity contribution is 7.15. The van der Waals surface area contributed by atoms with Crippen LogP contribution in [-0.2, 0) is 0 Å². The van der Waals surface area contributed by atoms with Crippen molar-refractivity contribution in [1.82, 2.24) is 9.38 Å². The van der Waals surface area contributed by atoms with Crippen LogP contribution < -0.4 is 5.56 Å². The first kappa shape index (κ1) is 13.8. The fraction of sp³-hybridized carbons (Fsp3) is 0.176. The van der Waals surface area contributed by atoms with Crippen molar-refractivity contribution in [3.8, 4) is 0 Å². The molecule has 0 radical (unpaired) electrons. The van der Waals surface area contributed by atoms with Gasteiger partial charge in [0.25, 0.3) is 5.56 Å². The highest BCUT2D eigenvalue weighted by atomic mass is 32.1. The minimum atomic E-state index is 0.00173. The van der Waals surface area contributed by atoms with Crippen molar-refractivity contribution in [3.63, 3.8) is 0 Å². The maximum absolute atomic E-state index is 12.2. The largest absolute Gasteiger partial charge is 0.269 e. The van der Waals surface area contributed by atoms with Crippen LogP contribution in [0.2, 0.25) is 0 Å². The molecule has 0 saturated carbocycles. The van der Waals surface area contributed by atoms with Crippen LogP contribution in [0.3, 0.4) is 0 Å². The summed E-state index contributed by atoms with van der Waals surface area (Å²) in [6.07, 6.45) is 5.72. The van der Waals surface area contributed by atoms with E-state index in [1.165, 1.54) is 22.5 Å². The SMILES string of the molecule is Cc1ccc(C)c(C=Cc2nc3sccn3c(=O)c2C)c1. The Morgan fingerprint density at radius 1 is 1.19 bits per heavy atom. The van der Waals surface area contributed by atoms with Gasteiger partial charge in [-0.3, -0.25) is 9.20 Å². The summed E-state index contributed by atoms with van der Waals surface area (Å²) in [4.78, 5) is 17.5. The summed E-state index contributed by atoms with van der Waals surface area (Å²) in [7, 11) is 0. The fourth-order valence-corrected chi connectivity index (χ4v) is 2.97. The van der Waals surface area contributed by atoms with Crippen LogP contribution in [0.1, 0.15) is 27.9 Å². The van der Waals surface area contributed by atoms with Crippen LogP contribution in [0, 0.1) is 20.8 Å². The number of aryl methyl sites for hydroxylation is 2. The first-order chi connectivity index (χ1) is 10.1. The molecular weight excluding hydrogens is 280 g/mol. The Kier molecular flexibility index (Phi) is 3.47. The Balaban J connectivity index is 2.09. The normalized spacial score (nSPS) is 11.6. The second kappa shape index (κ2) is 5.30. The molecule has 0 bridgehead atoms. The van der Waals surface area contributed by atoms with Crippen LogP contribution >= 0.6 is 11.3 Å². The molecule has 0 aliphatic rings. The van der Waals surface area contributed by atoms with Gasteiger partial charge in [-0.05, 0) is 38.0 Å². The monoisotopic (exact) mass is 296 g/mol. The van der Waals surface area contributed by atoms with Crippen molar-refractivity contribution < 1.29 is 0 Å². The minimum absolute atomic E-state index is 0.00173. The van der Waals surface area contributed by atoms with Crippen molar-refractivity contribution in [2.24, 2.45) is 0 Å². The van der Waals surface area contributed by atoms with Gasteiger partial charge in [0.2, 0.25) is 0 Å². The molecule has 0 fully saturated rings. The van der Waals surface area contributed by atoms with E-state index >= 15 is 0 Å². The van der Waals surface area contributed by atoms with E-state index in [1.54, 1.807) is 10.6 Å². The summed E-state index contributed by atoms with van der Waals surface area (Å²) < 4.78 is 1.59. The van der Waals surface area contributed by atoms with Crippen molar-refractivity contribution in [3.05, 3.63) is 68.1 Å². The molecule has 106 valence electrons. The van der Waals surface area contributed by atoms with Crippen LogP contribution in [0.4, 0.5) is 0 Å². The quantitative estimate of drug-likeness (QED) is 0.720. The van der Waals surface area contributed by atoms with Gasteiger partial charge in [0, 0.05) is 17.1 Å². The lowest BCUT2D eigenvalue weighted by Gasteiger charge is -2.03. The second-order valence-corrected chi connectivity index (χ2v) is 6.05. The van der Waals surface area contributed by atoms with Crippen molar-refractivity contribution >= 4 is 28.4 Å². The van der Waals surface area contributed by atoms with Crippen LogP contribution in [0.15, 0.2) is 34.6 Å². The molecule has 2 aromatic heterocycles. The number of thiazole rings is 1. The van der Waals surface area contributed by atoms with Crippen molar-refractivity contribution in [2.75, 3.05) is 0 Å². The van der Waals surface area contributed by atoms with E-state index in [1.807, 2.05) is 24.5 Å². The Hall–Kier alpha value is -2.20. The van der Waals surface area contributed by atoms with Gasteiger partial charge in [-0.25, -0.2) is 4.98 Å². The molecule has 3 aromatic rings. The summed E-state index contributed by atoms with van der Waals surface area (Å²) in [6.45, 7) is 5.98. The smallest absolute Gasteiger partial charge is 0.262 e. The summed E-state index contributed by atoms with van der Waals surface area (Å²) in [6, 6.07) is 6.34. The van der Waals surface area contributed by atoms with Gasteiger partial charge >= 0.3 is 0 Å². The van der Waals surface area contributed by atoms with E-state index in [-0.39, 0.29) is 5.56 Å². The lowest BCUT2D eigenvalue weighted by atomic mass is 10.0.